The van der Waals surface area contributed by atoms with Crippen molar-refractivity contribution in [1.29, 1.82) is 0 Å². The van der Waals surface area contributed by atoms with Gasteiger partial charge in [0.2, 0.25) is 5.91 Å². The molecule has 2 N–H and O–H groups in total. The van der Waals surface area contributed by atoms with E-state index in [1.165, 1.54) is 0 Å². The van der Waals surface area contributed by atoms with Crippen molar-refractivity contribution in [3.8, 4) is 0 Å². The number of aryl methyl sites for hydroxylation is 1. The Morgan fingerprint density at radius 1 is 1.00 bits per heavy atom. The second kappa shape index (κ2) is 7.04. The second-order valence-electron chi connectivity index (χ2n) is 6.70. The fraction of sp³-hybridized carbons (Fsp3) is 0.250. The van der Waals surface area contributed by atoms with Gasteiger partial charge >= 0.3 is 11.8 Å². The van der Waals surface area contributed by atoms with E-state index in [1.54, 1.807) is 24.3 Å². The summed E-state index contributed by atoms with van der Waals surface area (Å²) in [4.78, 5) is 38.1. The molecule has 2 aromatic rings. The summed E-state index contributed by atoms with van der Waals surface area (Å²) in [6.45, 7) is 0.927. The molecule has 6 nitrogen and oxygen atoms in total. The van der Waals surface area contributed by atoms with Crippen LogP contribution in [-0.4, -0.2) is 24.3 Å². The Bertz CT molecular complexity index is 940. The van der Waals surface area contributed by atoms with Crippen LogP contribution in [0.5, 0.6) is 0 Å². The minimum absolute atomic E-state index is 0.152. The summed E-state index contributed by atoms with van der Waals surface area (Å²) in [5.74, 6) is -1.26. The summed E-state index contributed by atoms with van der Waals surface area (Å²) in [7, 11) is 0. The molecule has 2 aliphatic rings. The maximum atomic E-state index is 12.2. The smallest absolute Gasteiger partial charge is 0.313 e. The van der Waals surface area contributed by atoms with Crippen molar-refractivity contribution in [2.24, 2.45) is 0 Å². The van der Waals surface area contributed by atoms with Gasteiger partial charge in [0.1, 0.15) is 0 Å². The molecule has 0 fully saturated rings. The van der Waals surface area contributed by atoms with Gasteiger partial charge in [-0.3, -0.25) is 14.4 Å². The third-order valence-corrected chi connectivity index (χ3v) is 5.13. The van der Waals surface area contributed by atoms with Crippen LogP contribution in [0.25, 0.3) is 0 Å². The number of hydrogen-bond acceptors (Lipinski definition) is 3. The minimum Gasteiger partial charge on any atom is -0.344 e. The Kier molecular flexibility index (Phi) is 4.58. The molecule has 0 unspecified atom stereocenters. The fourth-order valence-corrected chi connectivity index (χ4v) is 3.71. The van der Waals surface area contributed by atoms with Crippen LogP contribution in [-0.2, 0) is 33.8 Å². The topological polar surface area (TPSA) is 78.5 Å². The number of carbonyl (C=O) groups excluding carboxylic acids is 3. The lowest BCUT2D eigenvalue weighted by Crippen LogP contribution is -2.35. The number of nitrogens with one attached hydrogen (secondary N) is 2. The summed E-state index contributed by atoms with van der Waals surface area (Å²) in [5.41, 5.74) is 4.51. The summed E-state index contributed by atoms with van der Waals surface area (Å²) in [6, 6.07) is 10.7. The van der Waals surface area contributed by atoms with E-state index >= 15 is 0 Å². The van der Waals surface area contributed by atoms with Crippen molar-refractivity contribution < 1.29 is 14.4 Å². The van der Waals surface area contributed by atoms with E-state index in [0.29, 0.717) is 30.1 Å². The van der Waals surface area contributed by atoms with E-state index in [2.05, 4.69) is 10.6 Å². The highest BCUT2D eigenvalue weighted by atomic mass is 35.5. The maximum Gasteiger partial charge on any atom is 0.313 e. The molecule has 0 aliphatic carbocycles. The van der Waals surface area contributed by atoms with Crippen molar-refractivity contribution in [3.63, 3.8) is 0 Å². The molecule has 27 heavy (non-hydrogen) atoms. The number of rotatable bonds is 3. The zero-order valence-electron chi connectivity index (χ0n) is 14.5. The molecule has 2 aromatic carbocycles. The molecule has 2 heterocycles. The van der Waals surface area contributed by atoms with Crippen LogP contribution in [0.15, 0.2) is 36.4 Å². The Morgan fingerprint density at radius 2 is 1.70 bits per heavy atom. The van der Waals surface area contributed by atoms with Crippen molar-refractivity contribution in [2.75, 3.05) is 16.8 Å². The maximum absolute atomic E-state index is 12.2. The summed E-state index contributed by atoms with van der Waals surface area (Å²) in [6.07, 6.45) is 1.90. The quantitative estimate of drug-likeness (QED) is 0.799. The molecular weight excluding hydrogens is 366 g/mol. The average Bonchev–Trinajstić information content (AvgIpc) is 3.09. The number of nitrogens with zero attached hydrogens (tertiary/aromatic N) is 1. The van der Waals surface area contributed by atoms with Gasteiger partial charge in [0, 0.05) is 30.2 Å². The number of anilines is 2. The lowest BCUT2D eigenvalue weighted by molar-refractivity contribution is -0.136. The fourth-order valence-electron chi connectivity index (χ4n) is 3.58. The number of amides is 3. The third kappa shape index (κ3) is 3.53. The molecule has 7 heteroatoms. The largest absolute Gasteiger partial charge is 0.344 e. The van der Waals surface area contributed by atoms with Crippen LogP contribution >= 0.6 is 11.6 Å². The van der Waals surface area contributed by atoms with Crippen LogP contribution in [0.4, 0.5) is 11.4 Å². The first-order chi connectivity index (χ1) is 13.0. The van der Waals surface area contributed by atoms with Gasteiger partial charge in [-0.25, -0.2) is 0 Å². The Hall–Kier alpha value is -2.86. The first-order valence-corrected chi connectivity index (χ1v) is 9.19. The van der Waals surface area contributed by atoms with Gasteiger partial charge in [0.15, 0.2) is 0 Å². The van der Waals surface area contributed by atoms with Gasteiger partial charge in [-0.1, -0.05) is 23.7 Å². The van der Waals surface area contributed by atoms with Crippen molar-refractivity contribution in [2.45, 2.75) is 25.8 Å². The van der Waals surface area contributed by atoms with E-state index in [1.807, 2.05) is 17.0 Å². The predicted molar refractivity (Wildman–Crippen MR) is 103 cm³/mol. The van der Waals surface area contributed by atoms with Crippen LogP contribution in [0.3, 0.4) is 0 Å². The summed E-state index contributed by atoms with van der Waals surface area (Å²) >= 11 is 5.83. The van der Waals surface area contributed by atoms with Gasteiger partial charge in [-0.05, 0) is 53.8 Å². The molecule has 3 amide bonds. The molecule has 138 valence electrons. The monoisotopic (exact) mass is 383 g/mol. The van der Waals surface area contributed by atoms with Gasteiger partial charge in [0.25, 0.3) is 0 Å². The summed E-state index contributed by atoms with van der Waals surface area (Å²) in [5, 5.41) is 5.88. The lowest BCUT2D eigenvalue weighted by atomic mass is 9.98. The van der Waals surface area contributed by atoms with E-state index in [9.17, 15) is 14.4 Å². The molecular formula is C20H18ClN3O3. The van der Waals surface area contributed by atoms with E-state index in [0.717, 1.165) is 28.8 Å². The zero-order chi connectivity index (χ0) is 19.0. The van der Waals surface area contributed by atoms with Gasteiger partial charge in [-0.2, -0.15) is 0 Å². The predicted octanol–water partition coefficient (Wildman–Crippen LogP) is 2.43. The van der Waals surface area contributed by atoms with E-state index in [4.69, 9.17) is 11.6 Å². The van der Waals surface area contributed by atoms with Gasteiger partial charge in [-0.15, -0.1) is 0 Å². The highest BCUT2D eigenvalue weighted by molar-refractivity contribution is 6.39. The summed E-state index contributed by atoms with van der Waals surface area (Å²) < 4.78 is 0. The number of benzene rings is 2. The van der Waals surface area contributed by atoms with Crippen molar-refractivity contribution >= 4 is 40.7 Å². The van der Waals surface area contributed by atoms with Crippen LogP contribution in [0, 0.1) is 0 Å². The number of carbonyl (C=O) groups is 3. The average molecular weight is 384 g/mol. The standard InChI is InChI=1S/C20H18ClN3O3/c21-15-4-1-12(2-5-15)11-22-19(26)20(27)23-16-9-13-3-6-17(25)24-8-7-14(10-16)18(13)24/h1-2,4-5,9-10H,3,6-8,11H2,(H,22,26)(H,23,27). The molecule has 0 saturated heterocycles. The molecule has 2 aliphatic heterocycles. The van der Waals surface area contributed by atoms with E-state index in [-0.39, 0.29) is 12.5 Å². The lowest BCUT2D eigenvalue weighted by Gasteiger charge is -2.25. The first-order valence-electron chi connectivity index (χ1n) is 8.81. The molecule has 4 rings (SSSR count). The molecule has 0 atom stereocenters. The molecule has 0 bridgehead atoms. The Balaban J connectivity index is 1.42. The van der Waals surface area contributed by atoms with Crippen molar-refractivity contribution in [3.05, 3.63) is 58.1 Å². The van der Waals surface area contributed by atoms with Crippen LogP contribution in [0.2, 0.25) is 5.02 Å². The molecule has 0 radical (unpaired) electrons. The number of halogens is 1. The van der Waals surface area contributed by atoms with Crippen molar-refractivity contribution in [1.82, 2.24) is 5.32 Å². The normalized spacial score (nSPS) is 14.7. The Morgan fingerprint density at radius 3 is 2.44 bits per heavy atom. The van der Waals surface area contributed by atoms with Gasteiger partial charge in [0.05, 0.1) is 5.69 Å². The molecule has 0 saturated carbocycles. The minimum atomic E-state index is -0.710. The molecule has 0 spiro atoms. The van der Waals surface area contributed by atoms with E-state index < -0.39 is 11.8 Å². The molecule has 0 aromatic heterocycles. The zero-order valence-corrected chi connectivity index (χ0v) is 15.3. The van der Waals surface area contributed by atoms with Crippen LogP contribution in [0.1, 0.15) is 23.1 Å². The van der Waals surface area contributed by atoms with Crippen LogP contribution < -0.4 is 15.5 Å². The number of hydrogen-bond donors (Lipinski definition) is 2. The first kappa shape index (κ1) is 17.5. The second-order valence-corrected chi connectivity index (χ2v) is 7.14. The highest BCUT2D eigenvalue weighted by Crippen LogP contribution is 2.38. The SMILES string of the molecule is O=C(NCc1ccc(Cl)cc1)C(=O)Nc1cc2c3c(c1)CCN3C(=O)CC2. The third-order valence-electron chi connectivity index (χ3n) is 4.88. The van der Waals surface area contributed by atoms with Gasteiger partial charge < -0.3 is 15.5 Å². The highest BCUT2D eigenvalue weighted by Gasteiger charge is 2.31. The Labute approximate surface area is 161 Å².